The van der Waals surface area contributed by atoms with E-state index in [0.717, 1.165) is 28.5 Å². The number of ether oxygens (including phenoxy) is 2. The van der Waals surface area contributed by atoms with Crippen molar-refractivity contribution >= 4 is 23.2 Å². The van der Waals surface area contributed by atoms with Crippen LogP contribution in [0.1, 0.15) is 17.9 Å². The van der Waals surface area contributed by atoms with Gasteiger partial charge in [-0.1, -0.05) is 23.7 Å². The third-order valence-electron chi connectivity index (χ3n) is 3.30. The molecule has 0 N–H and O–H groups in total. The summed E-state index contributed by atoms with van der Waals surface area (Å²) in [6.45, 7) is 0.607. The SMILES string of the molecule is COc1ccc(OCCC(CCl)c2cccc(Cl)c2)cc1. The van der Waals surface area contributed by atoms with Crippen molar-refractivity contribution in [3.8, 4) is 11.5 Å². The second-order valence-electron chi connectivity index (χ2n) is 4.72. The molecule has 0 bridgehead atoms. The lowest BCUT2D eigenvalue weighted by Crippen LogP contribution is -2.07. The lowest BCUT2D eigenvalue weighted by molar-refractivity contribution is 0.300. The number of alkyl halides is 1. The average molecular weight is 325 g/mol. The maximum Gasteiger partial charge on any atom is 0.119 e. The van der Waals surface area contributed by atoms with Crippen LogP contribution in [0.4, 0.5) is 0 Å². The Morgan fingerprint density at radius 2 is 1.76 bits per heavy atom. The minimum atomic E-state index is 0.239. The Hall–Kier alpha value is -1.38. The van der Waals surface area contributed by atoms with Crippen LogP contribution in [-0.4, -0.2) is 19.6 Å². The summed E-state index contributed by atoms with van der Waals surface area (Å²) in [6, 6.07) is 15.4. The lowest BCUT2D eigenvalue weighted by Gasteiger charge is -2.15. The molecule has 0 fully saturated rings. The molecule has 2 aromatic rings. The van der Waals surface area contributed by atoms with Crippen molar-refractivity contribution in [2.24, 2.45) is 0 Å². The van der Waals surface area contributed by atoms with E-state index in [4.69, 9.17) is 32.7 Å². The predicted octanol–water partition coefficient (Wildman–Crippen LogP) is 5.14. The number of halogens is 2. The molecule has 2 rings (SSSR count). The molecule has 0 spiro atoms. The fourth-order valence-corrected chi connectivity index (χ4v) is 2.62. The molecule has 1 atom stereocenters. The van der Waals surface area contributed by atoms with E-state index in [2.05, 4.69) is 0 Å². The van der Waals surface area contributed by atoms with Crippen molar-refractivity contribution in [2.45, 2.75) is 12.3 Å². The normalized spacial score (nSPS) is 12.0. The third-order valence-corrected chi connectivity index (χ3v) is 3.91. The Bertz CT molecular complexity index is 555. The standard InChI is InChI=1S/C17H18Cl2O2/c1-20-16-5-7-17(8-6-16)21-10-9-14(12-18)13-3-2-4-15(19)11-13/h2-8,11,14H,9-10,12H2,1H3. The van der Waals surface area contributed by atoms with Crippen LogP contribution < -0.4 is 9.47 Å². The van der Waals surface area contributed by atoms with Crippen LogP contribution in [0.3, 0.4) is 0 Å². The molecule has 0 aromatic heterocycles. The molecular formula is C17H18Cl2O2. The van der Waals surface area contributed by atoms with Gasteiger partial charge < -0.3 is 9.47 Å². The highest BCUT2D eigenvalue weighted by Crippen LogP contribution is 2.25. The van der Waals surface area contributed by atoms with E-state index in [1.807, 2.05) is 48.5 Å². The fraction of sp³-hybridized carbons (Fsp3) is 0.294. The number of hydrogen-bond donors (Lipinski definition) is 0. The molecule has 0 aliphatic heterocycles. The van der Waals surface area contributed by atoms with E-state index < -0.39 is 0 Å². The maximum atomic E-state index is 6.06. The third kappa shape index (κ3) is 4.83. The first kappa shape index (κ1) is 16.0. The molecule has 112 valence electrons. The van der Waals surface area contributed by atoms with Crippen molar-refractivity contribution in [2.75, 3.05) is 19.6 Å². The highest BCUT2D eigenvalue weighted by atomic mass is 35.5. The van der Waals surface area contributed by atoms with Gasteiger partial charge in [-0.25, -0.2) is 0 Å². The van der Waals surface area contributed by atoms with Crippen LogP contribution in [0.25, 0.3) is 0 Å². The maximum absolute atomic E-state index is 6.06. The van der Waals surface area contributed by atoms with Gasteiger partial charge in [0, 0.05) is 16.8 Å². The van der Waals surface area contributed by atoms with Gasteiger partial charge in [-0.2, -0.15) is 0 Å². The topological polar surface area (TPSA) is 18.5 Å². The van der Waals surface area contributed by atoms with Crippen LogP contribution in [0.5, 0.6) is 11.5 Å². The summed E-state index contributed by atoms with van der Waals surface area (Å²) in [4.78, 5) is 0. The summed E-state index contributed by atoms with van der Waals surface area (Å²) in [6.07, 6.45) is 0.843. The van der Waals surface area contributed by atoms with Gasteiger partial charge in [0.1, 0.15) is 11.5 Å². The summed E-state index contributed by atoms with van der Waals surface area (Å²) < 4.78 is 10.9. The molecule has 1 unspecified atom stereocenters. The van der Waals surface area contributed by atoms with Gasteiger partial charge in [-0.3, -0.25) is 0 Å². The molecule has 0 radical (unpaired) electrons. The van der Waals surface area contributed by atoms with Crippen LogP contribution in [0, 0.1) is 0 Å². The van der Waals surface area contributed by atoms with Crippen molar-refractivity contribution in [3.63, 3.8) is 0 Å². The van der Waals surface area contributed by atoms with Crippen LogP contribution in [-0.2, 0) is 0 Å². The second-order valence-corrected chi connectivity index (χ2v) is 5.46. The molecule has 4 heteroatoms. The minimum absolute atomic E-state index is 0.239. The highest BCUT2D eigenvalue weighted by Gasteiger charge is 2.11. The minimum Gasteiger partial charge on any atom is -0.497 e. The van der Waals surface area contributed by atoms with Crippen molar-refractivity contribution in [1.82, 2.24) is 0 Å². The van der Waals surface area contributed by atoms with E-state index in [1.165, 1.54) is 0 Å². The van der Waals surface area contributed by atoms with Gasteiger partial charge in [0.25, 0.3) is 0 Å². The molecule has 0 amide bonds. The van der Waals surface area contributed by atoms with Gasteiger partial charge in [-0.05, 0) is 48.4 Å². The zero-order chi connectivity index (χ0) is 15.1. The lowest BCUT2D eigenvalue weighted by atomic mass is 9.98. The summed E-state index contributed by atoms with van der Waals surface area (Å²) >= 11 is 12.1. The van der Waals surface area contributed by atoms with Crippen molar-refractivity contribution in [1.29, 1.82) is 0 Å². The Morgan fingerprint density at radius 3 is 2.38 bits per heavy atom. The van der Waals surface area contributed by atoms with Gasteiger partial charge >= 0.3 is 0 Å². The first-order valence-electron chi connectivity index (χ1n) is 6.81. The molecule has 2 nitrogen and oxygen atoms in total. The summed E-state index contributed by atoms with van der Waals surface area (Å²) in [7, 11) is 1.64. The molecule has 21 heavy (non-hydrogen) atoms. The van der Waals surface area contributed by atoms with E-state index in [0.29, 0.717) is 12.5 Å². The average Bonchev–Trinajstić information content (AvgIpc) is 2.52. The molecule has 0 aliphatic rings. The zero-order valence-electron chi connectivity index (χ0n) is 11.9. The van der Waals surface area contributed by atoms with E-state index in [9.17, 15) is 0 Å². The fourth-order valence-electron chi connectivity index (χ4n) is 2.08. The van der Waals surface area contributed by atoms with Crippen LogP contribution >= 0.6 is 23.2 Å². The second kappa shape index (κ2) is 8.16. The van der Waals surface area contributed by atoms with E-state index >= 15 is 0 Å². The Labute approximate surface area is 135 Å². The van der Waals surface area contributed by atoms with Crippen LogP contribution in [0.2, 0.25) is 5.02 Å². The molecule has 0 heterocycles. The number of methoxy groups -OCH3 is 1. The quantitative estimate of drug-likeness (QED) is 0.656. The Balaban J connectivity index is 1.88. The van der Waals surface area contributed by atoms with Gasteiger partial charge in [0.15, 0.2) is 0 Å². The highest BCUT2D eigenvalue weighted by molar-refractivity contribution is 6.30. The smallest absolute Gasteiger partial charge is 0.119 e. The summed E-state index contributed by atoms with van der Waals surface area (Å²) in [5.41, 5.74) is 1.15. The first-order valence-corrected chi connectivity index (χ1v) is 7.72. The van der Waals surface area contributed by atoms with Crippen molar-refractivity contribution in [3.05, 3.63) is 59.1 Å². The zero-order valence-corrected chi connectivity index (χ0v) is 13.4. The predicted molar refractivity (Wildman–Crippen MR) is 88.0 cm³/mol. The number of rotatable bonds is 7. The largest absolute Gasteiger partial charge is 0.497 e. The van der Waals surface area contributed by atoms with Gasteiger partial charge in [0.05, 0.1) is 13.7 Å². The van der Waals surface area contributed by atoms with E-state index in [1.54, 1.807) is 7.11 Å². The Morgan fingerprint density at radius 1 is 1.05 bits per heavy atom. The molecule has 2 aromatic carbocycles. The summed E-state index contributed by atoms with van der Waals surface area (Å²) in [5.74, 6) is 2.44. The molecule has 0 aliphatic carbocycles. The Kier molecular flexibility index (Phi) is 6.21. The van der Waals surface area contributed by atoms with Crippen molar-refractivity contribution < 1.29 is 9.47 Å². The van der Waals surface area contributed by atoms with E-state index in [-0.39, 0.29) is 5.92 Å². The molecule has 0 saturated heterocycles. The number of hydrogen-bond acceptors (Lipinski definition) is 2. The molecular weight excluding hydrogens is 307 g/mol. The van der Waals surface area contributed by atoms with Gasteiger partial charge in [-0.15, -0.1) is 11.6 Å². The van der Waals surface area contributed by atoms with Gasteiger partial charge in [0.2, 0.25) is 0 Å². The number of benzene rings is 2. The van der Waals surface area contributed by atoms with Crippen LogP contribution in [0.15, 0.2) is 48.5 Å². The first-order chi connectivity index (χ1) is 10.2. The summed E-state index contributed by atoms with van der Waals surface area (Å²) in [5, 5.41) is 0.735. The molecule has 0 saturated carbocycles. The monoisotopic (exact) mass is 324 g/mol.